The van der Waals surface area contributed by atoms with E-state index in [1.54, 1.807) is 36.5 Å². The lowest BCUT2D eigenvalue weighted by Crippen LogP contribution is -2.53. The molecule has 0 bridgehead atoms. The van der Waals surface area contributed by atoms with Gasteiger partial charge in [0.15, 0.2) is 0 Å². The number of methoxy groups -OCH3 is 1. The number of rotatable bonds is 14. The predicted octanol–water partition coefficient (Wildman–Crippen LogP) is 5.20. The quantitative estimate of drug-likeness (QED) is 0.106. The normalized spacial score (nSPS) is 18.7. The Hall–Kier alpha value is -5.96. The van der Waals surface area contributed by atoms with Crippen LogP contribution >= 0.6 is 15.9 Å². The maximum atomic E-state index is 13.6. The van der Waals surface area contributed by atoms with Crippen molar-refractivity contribution in [1.29, 1.82) is 0 Å². The average Bonchev–Trinajstić information content (AvgIpc) is 3.65. The van der Waals surface area contributed by atoms with E-state index in [2.05, 4.69) is 85.3 Å². The minimum Gasteiger partial charge on any atom is -0.494 e. The zero-order valence-electron chi connectivity index (χ0n) is 37.1. The first-order valence-corrected chi connectivity index (χ1v) is 25.0. The number of benzene rings is 3. The number of piperidine rings is 2. The summed E-state index contributed by atoms with van der Waals surface area (Å²) >= 11 is 3.54. The SMILES string of the molecule is CCc1cc(Nc2ncc(Br)c(Nc3ccc4nccnc4c3NS(C)(=O)=O)n2)c(OC)cc1N1CCC(N2CCN(CCc3cccc4c3C(=O)N(C3CCC(=O)NC3=O)C4)CC2)CC1. The van der Waals surface area contributed by atoms with Crippen LogP contribution < -0.4 is 30.3 Å². The van der Waals surface area contributed by atoms with Crippen LogP contribution in [0.1, 0.15) is 59.7 Å². The van der Waals surface area contributed by atoms with Crippen LogP contribution in [0, 0.1) is 0 Å². The number of hydrogen-bond acceptors (Lipinski definition) is 15. The van der Waals surface area contributed by atoms with Crippen LogP contribution in [0.4, 0.5) is 34.5 Å². The van der Waals surface area contributed by atoms with Gasteiger partial charge in [0.2, 0.25) is 27.8 Å². The summed E-state index contributed by atoms with van der Waals surface area (Å²) < 4.78 is 33.8. The molecule has 4 aliphatic heterocycles. The molecule has 6 heterocycles. The molecule has 0 radical (unpaired) electrons. The van der Waals surface area contributed by atoms with E-state index in [-0.39, 0.29) is 29.8 Å². The number of aryl methyl sites for hydroxylation is 1. The van der Waals surface area contributed by atoms with Crippen molar-refractivity contribution in [1.82, 2.24) is 40.0 Å². The van der Waals surface area contributed by atoms with E-state index in [1.165, 1.54) is 11.8 Å². The average molecular weight is 982 g/mol. The van der Waals surface area contributed by atoms with E-state index in [0.717, 1.165) is 106 Å². The van der Waals surface area contributed by atoms with Crippen LogP contribution in [0.5, 0.6) is 5.75 Å². The second kappa shape index (κ2) is 19.1. The molecule has 3 amide bonds. The van der Waals surface area contributed by atoms with Gasteiger partial charge in [-0.15, -0.1) is 0 Å². The van der Waals surface area contributed by atoms with Crippen LogP contribution in [0.15, 0.2) is 65.5 Å². The summed E-state index contributed by atoms with van der Waals surface area (Å²) in [7, 11) is -2.00. The Kier molecular flexibility index (Phi) is 13.1. The van der Waals surface area contributed by atoms with Crippen molar-refractivity contribution in [3.8, 4) is 5.75 Å². The molecule has 1 atom stereocenters. The van der Waals surface area contributed by atoms with Gasteiger partial charge in [0, 0.05) is 101 Å². The molecule has 0 spiro atoms. The first kappa shape index (κ1) is 45.2. The van der Waals surface area contributed by atoms with Gasteiger partial charge in [-0.1, -0.05) is 25.1 Å². The zero-order chi connectivity index (χ0) is 46.1. The standard InChI is InChI=1S/C46H53BrN12O6S/c1-4-28-24-35(52-46-50-26-32(47)43(54-46)51-34-9-8-33-41(49-16-15-48-33)42(34)55-66(3,63)64)38(65-2)25-37(28)58-18-13-31(14-19-58)57-22-20-56(21-23-57)17-12-29-6-5-7-30-27-59(45(62)40(29)30)36-10-11-39(60)53-44(36)61/h5-9,15-16,24-26,31,36,55H,4,10-14,17-23,27H2,1-3H3,(H,53,60,61)(H2,50,51,52,54). The third kappa shape index (κ3) is 9.63. The second-order valence-corrected chi connectivity index (χ2v) is 19.8. The van der Waals surface area contributed by atoms with Crippen molar-refractivity contribution in [2.45, 2.75) is 64.1 Å². The van der Waals surface area contributed by atoms with Gasteiger partial charge in [-0.2, -0.15) is 4.98 Å². The maximum Gasteiger partial charge on any atom is 0.255 e. The van der Waals surface area contributed by atoms with Crippen molar-refractivity contribution in [3.05, 3.63) is 87.8 Å². The Balaban J connectivity index is 0.802. The van der Waals surface area contributed by atoms with Gasteiger partial charge >= 0.3 is 0 Å². The van der Waals surface area contributed by atoms with Crippen molar-refractivity contribution in [2.75, 3.05) is 79.4 Å². The Morgan fingerprint density at radius 3 is 2.44 bits per heavy atom. The monoisotopic (exact) mass is 980 g/mol. The number of hydrogen-bond donors (Lipinski definition) is 4. The summed E-state index contributed by atoms with van der Waals surface area (Å²) in [6, 6.07) is 13.6. The number of imide groups is 1. The molecule has 0 aliphatic carbocycles. The number of anilines is 6. The van der Waals surface area contributed by atoms with Crippen molar-refractivity contribution >= 4 is 89.2 Å². The number of nitrogens with one attached hydrogen (secondary N) is 4. The molecule has 3 fully saturated rings. The summed E-state index contributed by atoms with van der Waals surface area (Å²) in [5.41, 5.74) is 7.34. The van der Waals surface area contributed by atoms with E-state index in [1.807, 2.05) is 18.2 Å². The van der Waals surface area contributed by atoms with Crippen molar-refractivity contribution < 1.29 is 27.5 Å². The van der Waals surface area contributed by atoms with E-state index >= 15 is 0 Å². The summed E-state index contributed by atoms with van der Waals surface area (Å²) in [6.07, 6.45) is 10.0. The van der Waals surface area contributed by atoms with Crippen LogP contribution in [-0.4, -0.2) is 132 Å². The maximum absolute atomic E-state index is 13.6. The molecule has 346 valence electrons. The number of piperazine rings is 1. The number of sulfonamides is 1. The van der Waals surface area contributed by atoms with Gasteiger partial charge in [-0.05, 0) is 82.9 Å². The minimum absolute atomic E-state index is 0.111. The third-order valence-electron chi connectivity index (χ3n) is 13.0. The smallest absolute Gasteiger partial charge is 0.255 e. The molecule has 3 saturated heterocycles. The molecule has 9 rings (SSSR count). The number of amides is 3. The van der Waals surface area contributed by atoms with Gasteiger partial charge in [-0.25, -0.2) is 13.4 Å². The molecule has 0 saturated carbocycles. The van der Waals surface area contributed by atoms with Crippen LogP contribution in [0.25, 0.3) is 11.0 Å². The number of aromatic nitrogens is 4. The van der Waals surface area contributed by atoms with Crippen LogP contribution in [0.3, 0.4) is 0 Å². The molecule has 66 heavy (non-hydrogen) atoms. The Morgan fingerprint density at radius 2 is 1.70 bits per heavy atom. The molecule has 4 aliphatic rings. The number of carbonyl (C=O) groups is 3. The fourth-order valence-corrected chi connectivity index (χ4v) is 10.5. The van der Waals surface area contributed by atoms with Gasteiger partial charge in [0.25, 0.3) is 5.91 Å². The third-order valence-corrected chi connectivity index (χ3v) is 14.2. The summed E-state index contributed by atoms with van der Waals surface area (Å²) in [4.78, 5) is 65.1. The molecule has 20 heteroatoms. The molecule has 5 aromatic rings. The first-order chi connectivity index (χ1) is 31.8. The summed E-state index contributed by atoms with van der Waals surface area (Å²) in [5, 5.41) is 8.99. The van der Waals surface area contributed by atoms with Crippen molar-refractivity contribution in [2.24, 2.45) is 0 Å². The molecule has 1 unspecified atom stereocenters. The fraction of sp³-hybridized carbons (Fsp3) is 0.413. The highest BCUT2D eigenvalue weighted by Crippen LogP contribution is 2.39. The minimum atomic E-state index is -3.65. The molecule has 2 aromatic heterocycles. The topological polar surface area (TPSA) is 207 Å². The van der Waals surface area contributed by atoms with Crippen LogP contribution in [0.2, 0.25) is 0 Å². The number of fused-ring (bicyclic) bond motifs is 2. The lowest BCUT2D eigenvalue weighted by molar-refractivity contribution is -0.136. The highest BCUT2D eigenvalue weighted by molar-refractivity contribution is 9.10. The van der Waals surface area contributed by atoms with Crippen LogP contribution in [-0.2, 0) is 39.0 Å². The number of halogens is 1. The van der Waals surface area contributed by atoms with Gasteiger partial charge < -0.3 is 30.1 Å². The van der Waals surface area contributed by atoms with E-state index in [0.29, 0.717) is 57.7 Å². The lowest BCUT2D eigenvalue weighted by Gasteiger charge is -2.43. The summed E-state index contributed by atoms with van der Waals surface area (Å²) in [5.74, 6) is 0.591. The molecule has 18 nitrogen and oxygen atoms in total. The second-order valence-electron chi connectivity index (χ2n) is 17.2. The molecule has 4 N–H and O–H groups in total. The van der Waals surface area contributed by atoms with E-state index in [9.17, 15) is 22.8 Å². The number of nitrogens with zero attached hydrogens (tertiary/aromatic N) is 8. The van der Waals surface area contributed by atoms with Gasteiger partial charge in [-0.3, -0.25) is 39.3 Å². The molecule has 3 aromatic carbocycles. The largest absolute Gasteiger partial charge is 0.494 e. The van der Waals surface area contributed by atoms with E-state index in [4.69, 9.17) is 9.72 Å². The van der Waals surface area contributed by atoms with Gasteiger partial charge in [0.1, 0.15) is 23.1 Å². The lowest BCUT2D eigenvalue weighted by atomic mass is 9.99. The highest BCUT2D eigenvalue weighted by atomic mass is 79.9. The van der Waals surface area contributed by atoms with Gasteiger partial charge in [0.05, 0.1) is 40.4 Å². The predicted molar refractivity (Wildman–Crippen MR) is 256 cm³/mol. The molecular weight excluding hydrogens is 929 g/mol. The number of ether oxygens (including phenoxy) is 1. The first-order valence-electron chi connectivity index (χ1n) is 22.3. The fourth-order valence-electron chi connectivity index (χ4n) is 9.65. The van der Waals surface area contributed by atoms with Crippen molar-refractivity contribution in [3.63, 3.8) is 0 Å². The Bertz CT molecular complexity index is 2800. The number of carbonyl (C=O) groups excluding carboxylic acids is 3. The summed E-state index contributed by atoms with van der Waals surface area (Å²) in [6.45, 7) is 9.20. The Morgan fingerprint density at radius 1 is 0.909 bits per heavy atom. The van der Waals surface area contributed by atoms with E-state index < -0.39 is 16.1 Å². The zero-order valence-corrected chi connectivity index (χ0v) is 39.5. The molecular formula is C46H53BrN12O6S. The Labute approximate surface area is 392 Å². The highest BCUT2D eigenvalue weighted by Gasteiger charge is 2.40.